The third-order valence-electron chi connectivity index (χ3n) is 5.76. The molecule has 0 aliphatic carbocycles. The molecule has 4 atom stereocenters. The predicted molar refractivity (Wildman–Crippen MR) is 70.3 cm³/mol. The van der Waals surface area contributed by atoms with Crippen molar-refractivity contribution in [2.75, 3.05) is 13.1 Å². The first-order valence-corrected chi connectivity index (χ1v) is 7.85. The molecule has 0 aromatic carbocycles. The van der Waals surface area contributed by atoms with Crippen molar-refractivity contribution in [3.63, 3.8) is 0 Å². The summed E-state index contributed by atoms with van der Waals surface area (Å²) in [6.45, 7) is 1.87. The first kappa shape index (κ1) is 11.7. The molecule has 0 N–H and O–H groups in total. The molecule has 2 amide bonds. The van der Waals surface area contributed by atoms with Crippen LogP contribution in [0.4, 0.5) is 0 Å². The molecule has 4 rings (SSSR count). The van der Waals surface area contributed by atoms with Crippen molar-refractivity contribution >= 4 is 11.8 Å². The molecule has 4 aliphatic rings. The average Bonchev–Trinajstić information content (AvgIpc) is 2.45. The van der Waals surface area contributed by atoms with Gasteiger partial charge in [-0.15, -0.1) is 0 Å². The summed E-state index contributed by atoms with van der Waals surface area (Å²) >= 11 is 0. The van der Waals surface area contributed by atoms with E-state index in [-0.39, 0.29) is 12.0 Å². The standard InChI is InChI=1S/C15H22N2O2/c18-14-6-3-5-13-11-8-10(9-17(13)14)12-4-1-2-7-16(12)15(11)19/h10-13H,1-9H2. The minimum atomic E-state index is 0.109. The summed E-state index contributed by atoms with van der Waals surface area (Å²) in [5, 5.41) is 0. The average molecular weight is 262 g/mol. The van der Waals surface area contributed by atoms with Crippen molar-refractivity contribution in [2.45, 2.75) is 57.0 Å². The Morgan fingerprint density at radius 3 is 2.68 bits per heavy atom. The molecular weight excluding hydrogens is 240 g/mol. The van der Waals surface area contributed by atoms with E-state index in [0.29, 0.717) is 30.2 Å². The van der Waals surface area contributed by atoms with Crippen LogP contribution in [0, 0.1) is 11.8 Å². The van der Waals surface area contributed by atoms with Gasteiger partial charge in [0.2, 0.25) is 11.8 Å². The summed E-state index contributed by atoms with van der Waals surface area (Å²) < 4.78 is 0. The van der Waals surface area contributed by atoms with Gasteiger partial charge in [-0.25, -0.2) is 0 Å². The molecule has 4 heteroatoms. The van der Waals surface area contributed by atoms with Gasteiger partial charge in [0.1, 0.15) is 0 Å². The topological polar surface area (TPSA) is 40.6 Å². The molecule has 0 aromatic rings. The van der Waals surface area contributed by atoms with E-state index in [1.54, 1.807) is 0 Å². The van der Waals surface area contributed by atoms with Crippen molar-refractivity contribution in [1.29, 1.82) is 0 Å². The molecule has 104 valence electrons. The Morgan fingerprint density at radius 2 is 1.79 bits per heavy atom. The molecular formula is C15H22N2O2. The molecule has 0 saturated carbocycles. The van der Waals surface area contributed by atoms with E-state index in [0.717, 1.165) is 45.2 Å². The van der Waals surface area contributed by atoms with Gasteiger partial charge in [-0.1, -0.05) is 0 Å². The van der Waals surface area contributed by atoms with Gasteiger partial charge in [0.25, 0.3) is 0 Å². The summed E-state index contributed by atoms with van der Waals surface area (Å²) in [6.07, 6.45) is 7.29. The zero-order valence-electron chi connectivity index (χ0n) is 11.4. The van der Waals surface area contributed by atoms with E-state index in [1.165, 1.54) is 6.42 Å². The minimum absolute atomic E-state index is 0.109. The second kappa shape index (κ2) is 4.22. The lowest BCUT2D eigenvalue weighted by molar-refractivity contribution is -0.164. The van der Waals surface area contributed by atoms with Crippen LogP contribution in [0.1, 0.15) is 44.9 Å². The van der Waals surface area contributed by atoms with Crippen molar-refractivity contribution < 1.29 is 9.59 Å². The Hall–Kier alpha value is -1.06. The number of hydrogen-bond acceptors (Lipinski definition) is 2. The number of rotatable bonds is 0. The van der Waals surface area contributed by atoms with Crippen LogP contribution in [0.2, 0.25) is 0 Å². The van der Waals surface area contributed by atoms with Gasteiger partial charge >= 0.3 is 0 Å². The number of carbonyl (C=O) groups is 2. The lowest BCUT2D eigenvalue weighted by Crippen LogP contribution is -2.66. The van der Waals surface area contributed by atoms with Crippen molar-refractivity contribution in [1.82, 2.24) is 9.80 Å². The Balaban J connectivity index is 1.66. The first-order valence-electron chi connectivity index (χ1n) is 7.85. The van der Waals surface area contributed by atoms with Crippen molar-refractivity contribution in [3.8, 4) is 0 Å². The van der Waals surface area contributed by atoms with Crippen molar-refractivity contribution in [2.24, 2.45) is 11.8 Å². The summed E-state index contributed by atoms with van der Waals surface area (Å²) in [6, 6.07) is 0.640. The highest BCUT2D eigenvalue weighted by Gasteiger charge is 2.52. The highest BCUT2D eigenvalue weighted by Crippen LogP contribution is 2.43. The summed E-state index contributed by atoms with van der Waals surface area (Å²) in [4.78, 5) is 29.1. The van der Waals surface area contributed by atoms with E-state index < -0.39 is 0 Å². The zero-order chi connectivity index (χ0) is 13.0. The number of piperidine rings is 4. The van der Waals surface area contributed by atoms with E-state index in [2.05, 4.69) is 9.80 Å². The van der Waals surface area contributed by atoms with Crippen LogP contribution in [0.3, 0.4) is 0 Å². The summed E-state index contributed by atoms with van der Waals surface area (Å²) in [7, 11) is 0. The van der Waals surface area contributed by atoms with Gasteiger partial charge in [0.15, 0.2) is 0 Å². The second-order valence-electron chi connectivity index (χ2n) is 6.70. The monoisotopic (exact) mass is 262 g/mol. The maximum Gasteiger partial charge on any atom is 0.228 e. The number of fused-ring (bicyclic) bond motifs is 6. The van der Waals surface area contributed by atoms with Crippen LogP contribution in [0.25, 0.3) is 0 Å². The van der Waals surface area contributed by atoms with Gasteiger partial charge in [-0.05, 0) is 44.4 Å². The molecule has 19 heavy (non-hydrogen) atoms. The normalized spacial score (nSPS) is 41.9. The third kappa shape index (κ3) is 1.65. The smallest absolute Gasteiger partial charge is 0.228 e. The molecule has 4 heterocycles. The Morgan fingerprint density at radius 1 is 0.947 bits per heavy atom. The number of carbonyl (C=O) groups excluding carboxylic acids is 2. The highest BCUT2D eigenvalue weighted by atomic mass is 16.2. The van der Waals surface area contributed by atoms with Crippen LogP contribution >= 0.6 is 0 Å². The Kier molecular flexibility index (Phi) is 2.61. The lowest BCUT2D eigenvalue weighted by Gasteiger charge is -2.56. The fraction of sp³-hybridized carbons (Fsp3) is 0.867. The first-order chi connectivity index (χ1) is 9.25. The molecule has 2 bridgehead atoms. The fourth-order valence-electron chi connectivity index (χ4n) is 4.89. The molecule has 0 radical (unpaired) electrons. The Labute approximate surface area is 114 Å². The Bertz CT molecular complexity index is 422. The van der Waals surface area contributed by atoms with Crippen LogP contribution in [0.5, 0.6) is 0 Å². The quantitative estimate of drug-likeness (QED) is 0.662. The predicted octanol–water partition coefficient (Wildman–Crippen LogP) is 1.40. The third-order valence-corrected chi connectivity index (χ3v) is 5.76. The SMILES string of the molecule is O=C1C2CC(CN3C(=O)CCCC23)C2CCCCN12. The largest absolute Gasteiger partial charge is 0.339 e. The minimum Gasteiger partial charge on any atom is -0.339 e. The molecule has 4 aliphatic heterocycles. The maximum absolute atomic E-state index is 12.7. The molecule has 4 unspecified atom stereocenters. The van der Waals surface area contributed by atoms with Crippen LogP contribution < -0.4 is 0 Å². The molecule has 0 aromatic heterocycles. The van der Waals surface area contributed by atoms with Gasteiger partial charge in [-0.3, -0.25) is 9.59 Å². The number of nitrogens with zero attached hydrogens (tertiary/aromatic N) is 2. The summed E-state index contributed by atoms with van der Waals surface area (Å²) in [5.74, 6) is 1.30. The van der Waals surface area contributed by atoms with E-state index >= 15 is 0 Å². The number of hydrogen-bond donors (Lipinski definition) is 0. The molecule has 4 nitrogen and oxygen atoms in total. The van der Waals surface area contributed by atoms with Gasteiger partial charge in [0.05, 0.1) is 5.92 Å². The maximum atomic E-state index is 12.7. The number of amides is 2. The zero-order valence-corrected chi connectivity index (χ0v) is 11.4. The van der Waals surface area contributed by atoms with E-state index in [9.17, 15) is 9.59 Å². The van der Waals surface area contributed by atoms with Crippen LogP contribution in [0.15, 0.2) is 0 Å². The molecule has 4 fully saturated rings. The fourth-order valence-corrected chi connectivity index (χ4v) is 4.89. The van der Waals surface area contributed by atoms with E-state index in [4.69, 9.17) is 0 Å². The van der Waals surface area contributed by atoms with Crippen LogP contribution in [-0.4, -0.2) is 46.8 Å². The lowest BCUT2D eigenvalue weighted by atomic mass is 9.70. The van der Waals surface area contributed by atoms with Gasteiger partial charge in [-0.2, -0.15) is 0 Å². The van der Waals surface area contributed by atoms with Crippen LogP contribution in [-0.2, 0) is 9.59 Å². The van der Waals surface area contributed by atoms with Crippen molar-refractivity contribution in [3.05, 3.63) is 0 Å². The summed E-state index contributed by atoms with van der Waals surface area (Å²) in [5.41, 5.74) is 0. The molecule has 4 saturated heterocycles. The molecule has 0 spiro atoms. The highest BCUT2D eigenvalue weighted by molar-refractivity contribution is 5.84. The van der Waals surface area contributed by atoms with Gasteiger partial charge in [0, 0.05) is 31.6 Å². The second-order valence-corrected chi connectivity index (χ2v) is 6.70. The van der Waals surface area contributed by atoms with E-state index in [1.807, 2.05) is 0 Å². The van der Waals surface area contributed by atoms with Gasteiger partial charge < -0.3 is 9.80 Å².